The molecule has 1 atom stereocenters. The number of carbonyl (C=O) groups excluding carboxylic acids is 2. The molecule has 2 aliphatic rings. The molecule has 2 heterocycles. The SMILES string of the molecule is C[C@@]1(C(=O)O)CCCN1C(=O)c1cc(NC(=O)OCC2c3ccccc3-c3ccccc32)on1. The van der Waals surface area contributed by atoms with Crippen molar-refractivity contribution in [3.8, 4) is 11.1 Å². The Morgan fingerprint density at radius 3 is 2.44 bits per heavy atom. The van der Waals surface area contributed by atoms with Gasteiger partial charge in [-0.15, -0.1) is 0 Å². The van der Waals surface area contributed by atoms with Gasteiger partial charge in [-0.3, -0.25) is 10.1 Å². The maximum atomic E-state index is 12.8. The lowest BCUT2D eigenvalue weighted by Gasteiger charge is -2.30. The number of aliphatic carboxylic acids is 1. The number of hydrogen-bond acceptors (Lipinski definition) is 6. The van der Waals surface area contributed by atoms with Crippen LogP contribution in [0.2, 0.25) is 0 Å². The Morgan fingerprint density at radius 2 is 1.79 bits per heavy atom. The summed E-state index contributed by atoms with van der Waals surface area (Å²) < 4.78 is 10.5. The van der Waals surface area contributed by atoms with Crippen molar-refractivity contribution >= 4 is 23.9 Å². The number of rotatable bonds is 5. The van der Waals surface area contributed by atoms with Gasteiger partial charge in [0, 0.05) is 18.5 Å². The molecular weight excluding hydrogens is 438 g/mol. The number of benzene rings is 2. The predicted molar refractivity (Wildman–Crippen MR) is 122 cm³/mol. The average molecular weight is 461 g/mol. The lowest BCUT2D eigenvalue weighted by atomic mass is 9.98. The lowest BCUT2D eigenvalue weighted by Crippen LogP contribution is -2.50. The Balaban J connectivity index is 1.24. The third-order valence-corrected chi connectivity index (χ3v) is 6.65. The highest BCUT2D eigenvalue weighted by Crippen LogP contribution is 2.44. The summed E-state index contributed by atoms with van der Waals surface area (Å²) in [5.41, 5.74) is 3.06. The summed E-state index contributed by atoms with van der Waals surface area (Å²) in [6.07, 6.45) is 0.196. The Kier molecular flexibility index (Phi) is 5.31. The number of nitrogens with one attached hydrogen (secondary N) is 1. The molecule has 2 amide bonds. The summed E-state index contributed by atoms with van der Waals surface area (Å²) in [6.45, 7) is 1.95. The highest BCUT2D eigenvalue weighted by atomic mass is 16.6. The van der Waals surface area contributed by atoms with Crippen molar-refractivity contribution in [1.29, 1.82) is 0 Å². The number of anilines is 1. The Labute approximate surface area is 195 Å². The van der Waals surface area contributed by atoms with Crippen LogP contribution in [-0.2, 0) is 9.53 Å². The Morgan fingerprint density at radius 1 is 1.15 bits per heavy atom. The van der Waals surface area contributed by atoms with Crippen molar-refractivity contribution in [2.75, 3.05) is 18.5 Å². The highest BCUT2D eigenvalue weighted by molar-refractivity contribution is 5.97. The maximum absolute atomic E-state index is 12.8. The van der Waals surface area contributed by atoms with Crippen molar-refractivity contribution in [1.82, 2.24) is 10.1 Å². The zero-order chi connectivity index (χ0) is 23.9. The largest absolute Gasteiger partial charge is 0.480 e. The number of aromatic nitrogens is 1. The molecule has 1 aromatic heterocycles. The number of fused-ring (bicyclic) bond motifs is 3. The monoisotopic (exact) mass is 461 g/mol. The van der Waals surface area contributed by atoms with Crippen molar-refractivity contribution in [3.05, 3.63) is 71.4 Å². The van der Waals surface area contributed by atoms with Gasteiger partial charge in [-0.1, -0.05) is 53.7 Å². The van der Waals surface area contributed by atoms with Gasteiger partial charge in [0.2, 0.25) is 5.88 Å². The summed E-state index contributed by atoms with van der Waals surface area (Å²) in [5, 5.41) is 15.7. The molecule has 174 valence electrons. The van der Waals surface area contributed by atoms with Gasteiger partial charge in [0.25, 0.3) is 5.91 Å². The minimum atomic E-state index is -1.30. The second-order valence-corrected chi connectivity index (χ2v) is 8.67. The minimum Gasteiger partial charge on any atom is -0.480 e. The fourth-order valence-corrected chi connectivity index (χ4v) is 4.82. The van der Waals surface area contributed by atoms with E-state index in [1.165, 1.54) is 17.9 Å². The molecule has 3 aromatic rings. The Bertz CT molecular complexity index is 1240. The van der Waals surface area contributed by atoms with Crippen LogP contribution in [0.25, 0.3) is 11.1 Å². The first kappa shape index (κ1) is 21.7. The molecule has 2 N–H and O–H groups in total. The lowest BCUT2D eigenvalue weighted by molar-refractivity contribution is -0.147. The number of ether oxygens (including phenoxy) is 1. The minimum absolute atomic E-state index is 0.0585. The number of likely N-dealkylation sites (tertiary alicyclic amines) is 1. The van der Waals surface area contributed by atoms with Gasteiger partial charge in [-0.25, -0.2) is 9.59 Å². The van der Waals surface area contributed by atoms with E-state index in [9.17, 15) is 19.5 Å². The van der Waals surface area contributed by atoms with Crippen LogP contribution in [0.5, 0.6) is 0 Å². The highest BCUT2D eigenvalue weighted by Gasteiger charge is 2.46. The molecule has 0 unspecified atom stereocenters. The van der Waals surface area contributed by atoms with Gasteiger partial charge < -0.3 is 19.3 Å². The molecule has 0 radical (unpaired) electrons. The van der Waals surface area contributed by atoms with Gasteiger partial charge in [-0.05, 0) is 42.0 Å². The molecule has 1 fully saturated rings. The molecule has 0 saturated carbocycles. The first-order valence-corrected chi connectivity index (χ1v) is 11.0. The van der Waals surface area contributed by atoms with Crippen LogP contribution in [-0.4, -0.2) is 51.8 Å². The normalized spacial score (nSPS) is 18.9. The average Bonchev–Trinajstić information content (AvgIpc) is 3.54. The quantitative estimate of drug-likeness (QED) is 0.586. The molecule has 1 aliphatic heterocycles. The van der Waals surface area contributed by atoms with Crippen LogP contribution >= 0.6 is 0 Å². The third kappa shape index (κ3) is 3.59. The number of hydrogen-bond donors (Lipinski definition) is 2. The van der Waals surface area contributed by atoms with E-state index >= 15 is 0 Å². The third-order valence-electron chi connectivity index (χ3n) is 6.65. The summed E-state index contributed by atoms with van der Waals surface area (Å²) >= 11 is 0. The van der Waals surface area contributed by atoms with Gasteiger partial charge in [0.05, 0.1) is 0 Å². The summed E-state index contributed by atoms with van der Waals surface area (Å²) in [6, 6.07) is 17.3. The molecule has 0 spiro atoms. The van der Waals surface area contributed by atoms with Gasteiger partial charge in [-0.2, -0.15) is 0 Å². The fourth-order valence-electron chi connectivity index (χ4n) is 4.82. The van der Waals surface area contributed by atoms with E-state index in [4.69, 9.17) is 9.26 Å². The first-order valence-electron chi connectivity index (χ1n) is 11.0. The topological polar surface area (TPSA) is 122 Å². The van der Waals surface area contributed by atoms with E-state index in [-0.39, 0.29) is 24.1 Å². The van der Waals surface area contributed by atoms with Gasteiger partial charge >= 0.3 is 12.1 Å². The van der Waals surface area contributed by atoms with Crippen molar-refractivity contribution in [3.63, 3.8) is 0 Å². The molecule has 9 heteroatoms. The van der Waals surface area contributed by atoms with E-state index in [0.717, 1.165) is 22.3 Å². The molecule has 1 aliphatic carbocycles. The zero-order valence-electron chi connectivity index (χ0n) is 18.5. The van der Waals surface area contributed by atoms with Crippen LogP contribution in [0.15, 0.2) is 59.1 Å². The summed E-state index contributed by atoms with van der Waals surface area (Å²) in [4.78, 5) is 38.1. The van der Waals surface area contributed by atoms with Crippen LogP contribution < -0.4 is 5.32 Å². The number of carboxylic acids is 1. The van der Waals surface area contributed by atoms with Gasteiger partial charge in [0.15, 0.2) is 5.69 Å². The van der Waals surface area contributed by atoms with E-state index in [1.54, 1.807) is 0 Å². The second-order valence-electron chi connectivity index (χ2n) is 8.67. The molecule has 0 bridgehead atoms. The maximum Gasteiger partial charge on any atom is 0.414 e. The molecular formula is C25H23N3O6. The summed E-state index contributed by atoms with van der Waals surface area (Å²) in [5.74, 6) is -1.78. The van der Waals surface area contributed by atoms with Crippen LogP contribution in [0.3, 0.4) is 0 Å². The number of carbonyl (C=O) groups is 3. The van der Waals surface area contributed by atoms with Gasteiger partial charge in [0.1, 0.15) is 12.1 Å². The van der Waals surface area contributed by atoms with Crippen molar-refractivity contribution in [2.45, 2.75) is 31.2 Å². The van der Waals surface area contributed by atoms with E-state index in [1.807, 2.05) is 36.4 Å². The van der Waals surface area contributed by atoms with Crippen molar-refractivity contribution in [2.24, 2.45) is 0 Å². The van der Waals surface area contributed by atoms with Crippen LogP contribution in [0, 0.1) is 0 Å². The zero-order valence-corrected chi connectivity index (χ0v) is 18.5. The smallest absolute Gasteiger partial charge is 0.414 e. The van der Waals surface area contributed by atoms with E-state index in [0.29, 0.717) is 19.4 Å². The second kappa shape index (κ2) is 8.33. The molecule has 9 nitrogen and oxygen atoms in total. The molecule has 34 heavy (non-hydrogen) atoms. The van der Waals surface area contributed by atoms with Crippen LogP contribution in [0.1, 0.15) is 47.3 Å². The Hall–Kier alpha value is -4.14. The molecule has 2 aromatic carbocycles. The number of amides is 2. The predicted octanol–water partition coefficient (Wildman–Crippen LogP) is 4.11. The molecule has 5 rings (SSSR count). The van der Waals surface area contributed by atoms with Crippen LogP contribution in [0.4, 0.5) is 10.7 Å². The van der Waals surface area contributed by atoms with E-state index < -0.39 is 23.5 Å². The molecule has 1 saturated heterocycles. The van der Waals surface area contributed by atoms with E-state index in [2.05, 4.69) is 22.6 Å². The first-order chi connectivity index (χ1) is 16.4. The number of nitrogens with zero attached hydrogens (tertiary/aromatic N) is 2. The fraction of sp³-hybridized carbons (Fsp3) is 0.280. The number of carboxylic acid groups (broad SMARTS) is 1. The summed E-state index contributed by atoms with van der Waals surface area (Å²) in [7, 11) is 0. The van der Waals surface area contributed by atoms with Crippen molar-refractivity contribution < 1.29 is 28.8 Å². The standard InChI is InChI=1S/C25H23N3O6/c1-25(23(30)31)11-6-12-28(25)22(29)20-13-21(34-27-20)26-24(32)33-14-19-17-9-4-2-7-15(17)16-8-3-5-10-18(16)19/h2-5,7-10,13,19H,6,11-12,14H2,1H3,(H,26,32)(H,30,31)/t25-/m0/s1.